The van der Waals surface area contributed by atoms with Gasteiger partial charge in [-0.05, 0) is 59.2 Å². The van der Waals surface area contributed by atoms with E-state index in [0.29, 0.717) is 5.92 Å². The van der Waals surface area contributed by atoms with Gasteiger partial charge in [-0.1, -0.05) is 6.42 Å². The smallest absolute Gasteiger partial charge is 0.146 e. The van der Waals surface area contributed by atoms with Gasteiger partial charge in [0.2, 0.25) is 0 Å². The van der Waals surface area contributed by atoms with Crippen LogP contribution in [0.25, 0.3) is 0 Å². The Kier molecular flexibility index (Phi) is 5.57. The Labute approximate surface area is 146 Å². The van der Waals surface area contributed by atoms with E-state index < -0.39 is 0 Å². The van der Waals surface area contributed by atoms with Crippen LogP contribution >= 0.6 is 0 Å². The summed E-state index contributed by atoms with van der Waals surface area (Å²) in [6.45, 7) is 10.7. The molecule has 3 heterocycles. The lowest BCUT2D eigenvalue weighted by Crippen LogP contribution is -2.48. The van der Waals surface area contributed by atoms with E-state index in [1.807, 2.05) is 0 Å². The van der Waals surface area contributed by atoms with Crippen LogP contribution in [0.15, 0.2) is 0 Å². The van der Waals surface area contributed by atoms with Gasteiger partial charge in [0.25, 0.3) is 0 Å². The molecule has 6 heteroatoms. The average Bonchev–Trinajstić information content (AvgIpc) is 2.88. The molecule has 0 amide bonds. The maximum absolute atomic E-state index is 6.21. The summed E-state index contributed by atoms with van der Waals surface area (Å²) in [5, 5.41) is 9.08. The number of nitrogens with zero attached hydrogens (tertiary/aromatic N) is 5. The number of hydrogen-bond acceptors (Lipinski definition) is 5. The van der Waals surface area contributed by atoms with E-state index in [1.165, 1.54) is 45.2 Å². The number of likely N-dealkylation sites (tertiary alicyclic amines) is 2. The Bertz CT molecular complexity index is 526. The van der Waals surface area contributed by atoms with Gasteiger partial charge in [0.1, 0.15) is 11.6 Å². The molecule has 0 radical (unpaired) electrons. The molecule has 2 aliphatic rings. The van der Waals surface area contributed by atoms with Crippen LogP contribution in [0.1, 0.15) is 63.5 Å². The highest BCUT2D eigenvalue weighted by Gasteiger charge is 2.28. The third kappa shape index (κ3) is 4.55. The number of piperidine rings is 2. The molecule has 1 aromatic rings. The van der Waals surface area contributed by atoms with Gasteiger partial charge in [0.05, 0.1) is 6.54 Å². The SMILES string of the molecule is Cn1c(CN2CCCCC2)nnc1[C@@H]1CCCN(CC(C)(C)N)C1. The normalized spacial score (nSPS) is 24.4. The zero-order chi connectivity index (χ0) is 17.2. The summed E-state index contributed by atoms with van der Waals surface area (Å²) in [5.74, 6) is 2.75. The quantitative estimate of drug-likeness (QED) is 0.888. The van der Waals surface area contributed by atoms with Crippen LogP contribution in [0.3, 0.4) is 0 Å². The predicted octanol–water partition coefficient (Wildman–Crippen LogP) is 1.72. The molecule has 3 rings (SSSR count). The van der Waals surface area contributed by atoms with E-state index in [0.717, 1.165) is 37.8 Å². The molecule has 0 aromatic carbocycles. The molecule has 2 saturated heterocycles. The third-order valence-corrected chi connectivity index (χ3v) is 5.31. The van der Waals surface area contributed by atoms with Gasteiger partial charge < -0.3 is 15.2 Å². The van der Waals surface area contributed by atoms with Crippen molar-refractivity contribution < 1.29 is 0 Å². The van der Waals surface area contributed by atoms with Crippen LogP contribution in [0, 0.1) is 0 Å². The lowest BCUT2D eigenvalue weighted by atomic mass is 9.95. The zero-order valence-corrected chi connectivity index (χ0v) is 15.7. The maximum atomic E-state index is 6.21. The van der Waals surface area contributed by atoms with Crippen molar-refractivity contribution in [3.8, 4) is 0 Å². The summed E-state index contributed by atoms with van der Waals surface area (Å²) in [4.78, 5) is 5.01. The van der Waals surface area contributed by atoms with Gasteiger partial charge in [-0.25, -0.2) is 0 Å². The van der Waals surface area contributed by atoms with Crippen molar-refractivity contribution in [1.29, 1.82) is 0 Å². The monoisotopic (exact) mass is 334 g/mol. The second-order valence-corrected chi connectivity index (χ2v) is 8.43. The highest BCUT2D eigenvalue weighted by atomic mass is 15.3. The Morgan fingerprint density at radius 3 is 2.46 bits per heavy atom. The molecule has 24 heavy (non-hydrogen) atoms. The van der Waals surface area contributed by atoms with Gasteiger partial charge in [0, 0.05) is 31.6 Å². The van der Waals surface area contributed by atoms with Gasteiger partial charge >= 0.3 is 0 Å². The molecule has 0 unspecified atom stereocenters. The second-order valence-electron chi connectivity index (χ2n) is 8.43. The lowest BCUT2D eigenvalue weighted by molar-refractivity contribution is 0.171. The van der Waals surface area contributed by atoms with Crippen molar-refractivity contribution in [2.45, 2.75) is 64.0 Å². The zero-order valence-electron chi connectivity index (χ0n) is 15.7. The largest absolute Gasteiger partial charge is 0.324 e. The van der Waals surface area contributed by atoms with E-state index >= 15 is 0 Å². The first-order chi connectivity index (χ1) is 11.4. The van der Waals surface area contributed by atoms with Crippen LogP contribution in [0.2, 0.25) is 0 Å². The minimum absolute atomic E-state index is 0.138. The third-order valence-electron chi connectivity index (χ3n) is 5.31. The topological polar surface area (TPSA) is 63.2 Å². The molecule has 2 fully saturated rings. The van der Waals surface area contributed by atoms with E-state index in [9.17, 15) is 0 Å². The molecule has 1 aromatic heterocycles. The van der Waals surface area contributed by atoms with E-state index in [-0.39, 0.29) is 5.54 Å². The first-order valence-electron chi connectivity index (χ1n) is 9.54. The number of aromatic nitrogens is 3. The highest BCUT2D eigenvalue weighted by molar-refractivity contribution is 5.04. The molecular weight excluding hydrogens is 300 g/mol. The van der Waals surface area contributed by atoms with E-state index in [2.05, 4.69) is 45.5 Å². The van der Waals surface area contributed by atoms with E-state index in [1.54, 1.807) is 0 Å². The minimum Gasteiger partial charge on any atom is -0.324 e. The minimum atomic E-state index is -0.138. The van der Waals surface area contributed by atoms with Crippen molar-refractivity contribution in [3.05, 3.63) is 11.6 Å². The number of rotatable bonds is 5. The summed E-state index contributed by atoms with van der Waals surface area (Å²) < 4.78 is 2.25. The molecule has 0 spiro atoms. The fourth-order valence-electron chi connectivity index (χ4n) is 4.17. The summed E-state index contributed by atoms with van der Waals surface area (Å²) in [7, 11) is 2.14. The highest BCUT2D eigenvalue weighted by Crippen LogP contribution is 2.26. The van der Waals surface area contributed by atoms with Crippen LogP contribution in [0.5, 0.6) is 0 Å². The first-order valence-corrected chi connectivity index (χ1v) is 9.54. The average molecular weight is 335 g/mol. The fraction of sp³-hybridized carbons (Fsp3) is 0.889. The molecule has 2 N–H and O–H groups in total. The van der Waals surface area contributed by atoms with Crippen molar-refractivity contribution in [3.63, 3.8) is 0 Å². The molecule has 0 saturated carbocycles. The second kappa shape index (κ2) is 7.50. The molecule has 2 aliphatic heterocycles. The van der Waals surface area contributed by atoms with Crippen molar-refractivity contribution in [1.82, 2.24) is 24.6 Å². The predicted molar refractivity (Wildman–Crippen MR) is 96.8 cm³/mol. The summed E-state index contributed by atoms with van der Waals surface area (Å²) in [6, 6.07) is 0. The molecule has 6 nitrogen and oxygen atoms in total. The molecule has 0 aliphatic carbocycles. The van der Waals surface area contributed by atoms with Crippen LogP contribution in [0.4, 0.5) is 0 Å². The fourth-order valence-corrected chi connectivity index (χ4v) is 4.17. The van der Waals surface area contributed by atoms with Crippen molar-refractivity contribution in [2.24, 2.45) is 12.8 Å². The Balaban J connectivity index is 1.64. The van der Waals surface area contributed by atoms with Crippen molar-refractivity contribution in [2.75, 3.05) is 32.7 Å². The molecule has 1 atom stereocenters. The van der Waals surface area contributed by atoms with Crippen LogP contribution < -0.4 is 5.73 Å². The van der Waals surface area contributed by atoms with E-state index in [4.69, 9.17) is 5.73 Å². The number of nitrogens with two attached hydrogens (primary N) is 1. The molecule has 136 valence electrons. The van der Waals surface area contributed by atoms with Crippen molar-refractivity contribution >= 4 is 0 Å². The maximum Gasteiger partial charge on any atom is 0.146 e. The lowest BCUT2D eigenvalue weighted by Gasteiger charge is -2.36. The van der Waals surface area contributed by atoms with Crippen LogP contribution in [-0.4, -0.2) is 62.8 Å². The summed E-state index contributed by atoms with van der Waals surface area (Å²) in [5.41, 5.74) is 6.07. The summed E-state index contributed by atoms with van der Waals surface area (Å²) in [6.07, 6.45) is 6.43. The van der Waals surface area contributed by atoms with Gasteiger partial charge in [-0.15, -0.1) is 10.2 Å². The summed E-state index contributed by atoms with van der Waals surface area (Å²) >= 11 is 0. The standard InChI is InChI=1S/C18H34N6/c1-18(2,19)14-24-11-7-8-15(12-24)17-21-20-16(22(17)3)13-23-9-5-4-6-10-23/h15H,4-14,19H2,1-3H3/t15-/m1/s1. The number of hydrogen-bond donors (Lipinski definition) is 1. The first kappa shape index (κ1) is 17.8. The Hall–Kier alpha value is -0.980. The molecular formula is C18H34N6. The van der Waals surface area contributed by atoms with Gasteiger partial charge in [0.15, 0.2) is 0 Å². The Morgan fingerprint density at radius 2 is 1.75 bits per heavy atom. The van der Waals surface area contributed by atoms with Crippen LogP contribution in [-0.2, 0) is 13.6 Å². The molecule has 0 bridgehead atoms. The Morgan fingerprint density at radius 1 is 1.04 bits per heavy atom. The van der Waals surface area contributed by atoms with Gasteiger partial charge in [-0.2, -0.15) is 0 Å². The van der Waals surface area contributed by atoms with Gasteiger partial charge in [-0.3, -0.25) is 4.90 Å².